The fourth-order valence-electron chi connectivity index (χ4n) is 3.32. The van der Waals surface area contributed by atoms with Crippen LogP contribution in [0.25, 0.3) is 0 Å². The van der Waals surface area contributed by atoms with Gasteiger partial charge < -0.3 is 10.6 Å². The van der Waals surface area contributed by atoms with Gasteiger partial charge in [0.2, 0.25) is 5.91 Å². The van der Waals surface area contributed by atoms with Crippen molar-refractivity contribution in [3.63, 3.8) is 0 Å². The molecule has 0 bridgehead atoms. The Balaban J connectivity index is 1.51. The number of carbonyl (C=O) groups excluding carboxylic acids is 2. The molecule has 0 spiro atoms. The molecular formula is C17H22N2O2. The van der Waals surface area contributed by atoms with Crippen molar-refractivity contribution in [2.75, 3.05) is 11.9 Å². The van der Waals surface area contributed by atoms with Gasteiger partial charge in [-0.25, -0.2) is 0 Å². The summed E-state index contributed by atoms with van der Waals surface area (Å²) in [6.07, 6.45) is 8.14. The number of anilines is 1. The van der Waals surface area contributed by atoms with Crippen LogP contribution in [0.4, 0.5) is 5.69 Å². The number of hydrogen-bond acceptors (Lipinski definition) is 2. The number of carbonyl (C=O) groups is 2. The van der Waals surface area contributed by atoms with Gasteiger partial charge in [0.05, 0.1) is 6.42 Å². The smallest absolute Gasteiger partial charge is 0.251 e. The zero-order chi connectivity index (χ0) is 14.7. The second kappa shape index (κ2) is 6.29. The van der Waals surface area contributed by atoms with Gasteiger partial charge in [0.15, 0.2) is 0 Å². The van der Waals surface area contributed by atoms with E-state index in [0.29, 0.717) is 12.0 Å². The second-order valence-corrected chi connectivity index (χ2v) is 6.15. The van der Waals surface area contributed by atoms with Gasteiger partial charge in [-0.3, -0.25) is 9.59 Å². The van der Waals surface area contributed by atoms with Crippen LogP contribution in [0.15, 0.2) is 18.2 Å². The van der Waals surface area contributed by atoms with E-state index in [-0.39, 0.29) is 11.8 Å². The first-order valence-electron chi connectivity index (χ1n) is 7.93. The van der Waals surface area contributed by atoms with Crippen LogP contribution in [0.2, 0.25) is 0 Å². The molecule has 3 rings (SSSR count). The summed E-state index contributed by atoms with van der Waals surface area (Å²) in [4.78, 5) is 23.5. The van der Waals surface area contributed by atoms with E-state index in [2.05, 4.69) is 10.6 Å². The van der Waals surface area contributed by atoms with Crippen molar-refractivity contribution in [1.82, 2.24) is 5.32 Å². The van der Waals surface area contributed by atoms with Crippen LogP contribution in [0.3, 0.4) is 0 Å². The number of amides is 2. The van der Waals surface area contributed by atoms with Crippen LogP contribution >= 0.6 is 0 Å². The van der Waals surface area contributed by atoms with E-state index in [4.69, 9.17) is 0 Å². The first-order valence-corrected chi connectivity index (χ1v) is 7.93. The zero-order valence-electron chi connectivity index (χ0n) is 12.3. The predicted octanol–water partition coefficient (Wildman–Crippen LogP) is 2.88. The Labute approximate surface area is 125 Å². The lowest BCUT2D eigenvalue weighted by atomic mass is 9.87. The number of fused-ring (bicyclic) bond motifs is 1. The highest BCUT2D eigenvalue weighted by molar-refractivity contribution is 6.02. The molecule has 0 aromatic heterocycles. The van der Waals surface area contributed by atoms with Gasteiger partial charge in [-0.15, -0.1) is 0 Å². The second-order valence-electron chi connectivity index (χ2n) is 6.15. The molecule has 1 aliphatic carbocycles. The highest BCUT2D eigenvalue weighted by Crippen LogP contribution is 2.26. The molecule has 0 atom stereocenters. The maximum absolute atomic E-state index is 12.1. The van der Waals surface area contributed by atoms with E-state index in [1.807, 2.05) is 6.07 Å². The Morgan fingerprint density at radius 1 is 1.24 bits per heavy atom. The lowest BCUT2D eigenvalue weighted by Crippen LogP contribution is -2.26. The van der Waals surface area contributed by atoms with E-state index in [1.54, 1.807) is 12.1 Å². The summed E-state index contributed by atoms with van der Waals surface area (Å²) in [6, 6.07) is 5.44. The molecule has 1 fully saturated rings. The fraction of sp³-hybridized carbons (Fsp3) is 0.529. The maximum Gasteiger partial charge on any atom is 0.251 e. The SMILES string of the molecule is O=C1Cc2ccc(C(=O)NCCC3CCCCC3)cc2N1. The molecule has 1 heterocycles. The van der Waals surface area contributed by atoms with Gasteiger partial charge in [-0.05, 0) is 30.0 Å². The molecule has 21 heavy (non-hydrogen) atoms. The predicted molar refractivity (Wildman–Crippen MR) is 82.3 cm³/mol. The van der Waals surface area contributed by atoms with E-state index < -0.39 is 0 Å². The molecule has 112 valence electrons. The van der Waals surface area contributed by atoms with Crippen LogP contribution in [-0.4, -0.2) is 18.4 Å². The standard InChI is InChI=1S/C17H22N2O2/c20-16-11-13-6-7-14(10-15(13)19-16)17(21)18-9-8-12-4-2-1-3-5-12/h6-7,10,12H,1-5,8-9,11H2,(H,18,21)(H,19,20). The molecule has 4 nitrogen and oxygen atoms in total. The van der Waals surface area contributed by atoms with Gasteiger partial charge >= 0.3 is 0 Å². The highest BCUT2D eigenvalue weighted by atomic mass is 16.2. The summed E-state index contributed by atoms with van der Waals surface area (Å²) in [7, 11) is 0. The van der Waals surface area contributed by atoms with Gasteiger partial charge in [0.25, 0.3) is 5.91 Å². The number of hydrogen-bond donors (Lipinski definition) is 2. The van der Waals surface area contributed by atoms with Gasteiger partial charge in [-0.2, -0.15) is 0 Å². The third-order valence-corrected chi connectivity index (χ3v) is 4.56. The minimum absolute atomic E-state index is 0.000133. The first-order chi connectivity index (χ1) is 10.2. The molecule has 4 heteroatoms. The molecule has 1 saturated carbocycles. The average Bonchev–Trinajstić information content (AvgIpc) is 2.87. The van der Waals surface area contributed by atoms with E-state index in [9.17, 15) is 9.59 Å². The maximum atomic E-state index is 12.1. The highest BCUT2D eigenvalue weighted by Gasteiger charge is 2.19. The van der Waals surface area contributed by atoms with Crippen molar-refractivity contribution in [3.8, 4) is 0 Å². The van der Waals surface area contributed by atoms with Crippen molar-refractivity contribution in [3.05, 3.63) is 29.3 Å². The summed E-state index contributed by atoms with van der Waals surface area (Å²) in [5.41, 5.74) is 2.37. The molecule has 2 N–H and O–H groups in total. The normalized spacial score (nSPS) is 18.2. The number of rotatable bonds is 4. The average molecular weight is 286 g/mol. The molecule has 1 aromatic carbocycles. The topological polar surface area (TPSA) is 58.2 Å². The molecule has 2 amide bonds. The van der Waals surface area contributed by atoms with Crippen LogP contribution in [-0.2, 0) is 11.2 Å². The molecule has 0 radical (unpaired) electrons. The van der Waals surface area contributed by atoms with Crippen LogP contribution in [0.1, 0.15) is 54.4 Å². The van der Waals surface area contributed by atoms with Crippen molar-refractivity contribution in [2.45, 2.75) is 44.9 Å². The summed E-state index contributed by atoms with van der Waals surface area (Å²) < 4.78 is 0. The molecular weight excluding hydrogens is 264 g/mol. The molecule has 0 saturated heterocycles. The molecule has 0 unspecified atom stereocenters. The molecule has 1 aromatic rings. The van der Waals surface area contributed by atoms with Gasteiger partial charge in [-0.1, -0.05) is 38.2 Å². The largest absolute Gasteiger partial charge is 0.352 e. The van der Waals surface area contributed by atoms with Crippen molar-refractivity contribution in [1.29, 1.82) is 0 Å². The minimum Gasteiger partial charge on any atom is -0.352 e. The monoisotopic (exact) mass is 286 g/mol. The van der Waals surface area contributed by atoms with Gasteiger partial charge in [0.1, 0.15) is 0 Å². The lowest BCUT2D eigenvalue weighted by Gasteiger charge is -2.21. The van der Waals surface area contributed by atoms with Crippen molar-refractivity contribution in [2.24, 2.45) is 5.92 Å². The van der Waals surface area contributed by atoms with E-state index in [1.165, 1.54) is 32.1 Å². The van der Waals surface area contributed by atoms with Crippen LogP contribution in [0, 0.1) is 5.92 Å². The first kappa shape index (κ1) is 14.1. The summed E-state index contributed by atoms with van der Waals surface area (Å²) in [5, 5.41) is 5.78. The Bertz CT molecular complexity index is 548. The molecule has 1 aliphatic heterocycles. The zero-order valence-corrected chi connectivity index (χ0v) is 12.3. The fourth-order valence-corrected chi connectivity index (χ4v) is 3.32. The Hall–Kier alpha value is -1.84. The quantitative estimate of drug-likeness (QED) is 0.894. The van der Waals surface area contributed by atoms with E-state index >= 15 is 0 Å². The summed E-state index contributed by atoms with van der Waals surface area (Å²) >= 11 is 0. The van der Waals surface area contributed by atoms with Crippen LogP contribution < -0.4 is 10.6 Å². The third-order valence-electron chi connectivity index (χ3n) is 4.56. The Kier molecular flexibility index (Phi) is 4.23. The summed E-state index contributed by atoms with van der Waals surface area (Å²) in [5.74, 6) is 0.730. The lowest BCUT2D eigenvalue weighted by molar-refractivity contribution is -0.115. The Morgan fingerprint density at radius 2 is 2.05 bits per heavy atom. The number of benzene rings is 1. The summed E-state index contributed by atoms with van der Waals surface area (Å²) in [6.45, 7) is 0.743. The third kappa shape index (κ3) is 3.43. The minimum atomic E-state index is -0.0465. The molecule has 2 aliphatic rings. The van der Waals surface area contributed by atoms with Crippen molar-refractivity contribution >= 4 is 17.5 Å². The van der Waals surface area contributed by atoms with Gasteiger partial charge in [0, 0.05) is 17.8 Å². The number of nitrogens with one attached hydrogen (secondary N) is 2. The van der Waals surface area contributed by atoms with E-state index in [0.717, 1.165) is 30.1 Å². The van der Waals surface area contributed by atoms with Crippen molar-refractivity contribution < 1.29 is 9.59 Å². The Morgan fingerprint density at radius 3 is 2.86 bits per heavy atom. The van der Waals surface area contributed by atoms with Crippen LogP contribution in [0.5, 0.6) is 0 Å².